The largest absolute Gasteiger partial charge is 0.492 e. The fourth-order valence-corrected chi connectivity index (χ4v) is 1.98. The molecule has 0 aliphatic heterocycles. The number of fused-ring (bicyclic) bond motifs is 1. The van der Waals surface area contributed by atoms with Gasteiger partial charge in [-0.1, -0.05) is 30.3 Å². The molecule has 4 nitrogen and oxygen atoms in total. The van der Waals surface area contributed by atoms with E-state index in [4.69, 9.17) is 10.5 Å². The van der Waals surface area contributed by atoms with E-state index in [1.54, 1.807) is 0 Å². The van der Waals surface area contributed by atoms with Crippen LogP contribution in [0.2, 0.25) is 0 Å². The quantitative estimate of drug-likeness (QED) is 0.791. The van der Waals surface area contributed by atoms with Crippen LogP contribution in [-0.4, -0.2) is 25.1 Å². The van der Waals surface area contributed by atoms with E-state index in [2.05, 4.69) is 11.4 Å². The molecule has 2 aromatic carbocycles. The van der Waals surface area contributed by atoms with Crippen LogP contribution < -0.4 is 15.8 Å². The summed E-state index contributed by atoms with van der Waals surface area (Å²) in [5, 5.41) is 5.11. The summed E-state index contributed by atoms with van der Waals surface area (Å²) in [6.07, 6.45) is 0.343. The second kappa shape index (κ2) is 6.91. The van der Waals surface area contributed by atoms with E-state index < -0.39 is 0 Å². The van der Waals surface area contributed by atoms with Crippen molar-refractivity contribution in [3.63, 3.8) is 0 Å². The zero-order valence-electron chi connectivity index (χ0n) is 11.6. The Bertz CT molecular complexity index is 581. The Labute approximate surface area is 118 Å². The van der Waals surface area contributed by atoms with Gasteiger partial charge in [-0.25, -0.2) is 0 Å². The summed E-state index contributed by atoms with van der Waals surface area (Å²) in [5.74, 6) is 0.771. The summed E-state index contributed by atoms with van der Waals surface area (Å²) in [6.45, 7) is 2.74. The number of rotatable bonds is 6. The predicted molar refractivity (Wildman–Crippen MR) is 80.7 cm³/mol. The van der Waals surface area contributed by atoms with Crippen molar-refractivity contribution < 1.29 is 9.53 Å². The topological polar surface area (TPSA) is 64.4 Å². The molecule has 0 saturated carbocycles. The fraction of sp³-hybridized carbons (Fsp3) is 0.312. The molecule has 4 heteroatoms. The van der Waals surface area contributed by atoms with Crippen molar-refractivity contribution in [1.82, 2.24) is 5.32 Å². The molecule has 20 heavy (non-hydrogen) atoms. The lowest BCUT2D eigenvalue weighted by Gasteiger charge is -2.09. The summed E-state index contributed by atoms with van der Waals surface area (Å²) < 4.78 is 5.62. The van der Waals surface area contributed by atoms with Crippen LogP contribution in [0.15, 0.2) is 42.5 Å². The van der Waals surface area contributed by atoms with Crippen molar-refractivity contribution in [3.8, 4) is 5.75 Å². The van der Waals surface area contributed by atoms with Gasteiger partial charge in [-0.15, -0.1) is 0 Å². The summed E-state index contributed by atoms with van der Waals surface area (Å²) in [5.41, 5.74) is 5.55. The highest BCUT2D eigenvalue weighted by Gasteiger charge is 2.04. The van der Waals surface area contributed by atoms with Gasteiger partial charge < -0.3 is 15.8 Å². The molecule has 106 valence electrons. The molecule has 0 saturated heterocycles. The number of ether oxygens (including phenoxy) is 1. The third-order valence-electron chi connectivity index (χ3n) is 2.92. The number of amides is 1. The zero-order chi connectivity index (χ0) is 14.4. The number of benzene rings is 2. The molecule has 0 aliphatic rings. The van der Waals surface area contributed by atoms with Gasteiger partial charge in [-0.05, 0) is 29.8 Å². The molecular weight excluding hydrogens is 252 g/mol. The zero-order valence-corrected chi connectivity index (χ0v) is 11.6. The van der Waals surface area contributed by atoms with Crippen molar-refractivity contribution in [2.75, 3.05) is 13.2 Å². The van der Waals surface area contributed by atoms with E-state index in [0.29, 0.717) is 19.6 Å². The lowest BCUT2D eigenvalue weighted by atomic mass is 10.1. The van der Waals surface area contributed by atoms with Crippen LogP contribution >= 0.6 is 0 Å². The smallest absolute Gasteiger partial charge is 0.221 e. The summed E-state index contributed by atoms with van der Waals surface area (Å²) >= 11 is 0. The van der Waals surface area contributed by atoms with Crippen LogP contribution in [0, 0.1) is 0 Å². The number of carbonyl (C=O) groups is 1. The van der Waals surface area contributed by atoms with Gasteiger partial charge in [-0.3, -0.25) is 4.79 Å². The molecule has 0 bridgehead atoms. The fourth-order valence-electron chi connectivity index (χ4n) is 1.98. The number of nitrogens with two attached hydrogens (primary N) is 1. The Morgan fingerprint density at radius 3 is 2.75 bits per heavy atom. The maximum atomic E-state index is 11.4. The monoisotopic (exact) mass is 272 g/mol. The lowest BCUT2D eigenvalue weighted by molar-refractivity contribution is -0.121. The van der Waals surface area contributed by atoms with Crippen molar-refractivity contribution in [1.29, 1.82) is 0 Å². The molecule has 2 rings (SSSR count). The molecular formula is C16H20N2O2. The average Bonchev–Trinajstić information content (AvgIpc) is 2.43. The van der Waals surface area contributed by atoms with E-state index in [9.17, 15) is 4.79 Å². The van der Waals surface area contributed by atoms with Crippen molar-refractivity contribution >= 4 is 16.7 Å². The van der Waals surface area contributed by atoms with Gasteiger partial charge >= 0.3 is 0 Å². The van der Waals surface area contributed by atoms with E-state index in [1.807, 2.05) is 43.3 Å². The highest BCUT2D eigenvalue weighted by Crippen LogP contribution is 2.20. The number of hydrogen-bond acceptors (Lipinski definition) is 3. The van der Waals surface area contributed by atoms with E-state index in [0.717, 1.165) is 11.1 Å². The van der Waals surface area contributed by atoms with Crippen LogP contribution in [-0.2, 0) is 4.79 Å². The maximum Gasteiger partial charge on any atom is 0.221 e. The summed E-state index contributed by atoms with van der Waals surface area (Å²) in [7, 11) is 0. The molecule has 0 fully saturated rings. The van der Waals surface area contributed by atoms with Crippen LogP contribution in [0.25, 0.3) is 10.8 Å². The highest BCUT2D eigenvalue weighted by atomic mass is 16.5. The molecule has 1 unspecified atom stereocenters. The molecule has 0 radical (unpaired) electrons. The van der Waals surface area contributed by atoms with Crippen LogP contribution in [0.3, 0.4) is 0 Å². The third-order valence-corrected chi connectivity index (χ3v) is 2.92. The third kappa shape index (κ3) is 4.24. The first kappa shape index (κ1) is 14.3. The Hall–Kier alpha value is -2.07. The molecule has 1 amide bonds. The Morgan fingerprint density at radius 1 is 1.25 bits per heavy atom. The molecule has 0 aliphatic carbocycles. The van der Waals surface area contributed by atoms with E-state index in [1.165, 1.54) is 5.39 Å². The van der Waals surface area contributed by atoms with Crippen molar-refractivity contribution in [2.24, 2.45) is 5.73 Å². The lowest BCUT2D eigenvalue weighted by Crippen LogP contribution is -2.32. The molecule has 0 spiro atoms. The Balaban J connectivity index is 1.79. The van der Waals surface area contributed by atoms with Crippen molar-refractivity contribution in [2.45, 2.75) is 19.4 Å². The number of carbonyl (C=O) groups excluding carboxylic acids is 1. The van der Waals surface area contributed by atoms with E-state index in [-0.39, 0.29) is 11.9 Å². The Morgan fingerprint density at radius 2 is 2.00 bits per heavy atom. The average molecular weight is 272 g/mol. The van der Waals surface area contributed by atoms with Crippen molar-refractivity contribution in [3.05, 3.63) is 42.5 Å². The standard InChI is InChI=1S/C16H20N2O2/c1-12(17)10-16(19)18-8-9-20-15-7-6-13-4-2-3-5-14(13)11-15/h2-7,11-12H,8-10,17H2,1H3,(H,18,19). The van der Waals surface area contributed by atoms with Crippen LogP contribution in [0.1, 0.15) is 13.3 Å². The SMILES string of the molecule is CC(N)CC(=O)NCCOc1ccc2ccccc2c1. The molecule has 3 N–H and O–H groups in total. The summed E-state index contributed by atoms with van der Waals surface area (Å²) in [4.78, 5) is 11.4. The minimum absolute atomic E-state index is 0.0397. The second-order valence-corrected chi connectivity index (χ2v) is 4.89. The number of nitrogens with one attached hydrogen (secondary N) is 1. The summed E-state index contributed by atoms with van der Waals surface area (Å²) in [6, 6.07) is 14.0. The normalized spacial score (nSPS) is 12.1. The minimum atomic E-state index is -0.114. The van der Waals surface area contributed by atoms with Gasteiger partial charge in [0.25, 0.3) is 0 Å². The molecule has 2 aromatic rings. The molecule has 0 heterocycles. The van der Waals surface area contributed by atoms with Gasteiger partial charge in [0.1, 0.15) is 12.4 Å². The highest BCUT2D eigenvalue weighted by molar-refractivity contribution is 5.83. The van der Waals surface area contributed by atoms with Gasteiger partial charge in [0.2, 0.25) is 5.91 Å². The predicted octanol–water partition coefficient (Wildman–Crippen LogP) is 2.07. The van der Waals surface area contributed by atoms with Gasteiger partial charge in [0.15, 0.2) is 0 Å². The van der Waals surface area contributed by atoms with Crippen LogP contribution in [0.4, 0.5) is 0 Å². The first-order valence-corrected chi connectivity index (χ1v) is 6.79. The molecule has 0 aromatic heterocycles. The van der Waals surface area contributed by atoms with Gasteiger partial charge in [0, 0.05) is 12.5 Å². The first-order chi connectivity index (χ1) is 9.65. The van der Waals surface area contributed by atoms with E-state index >= 15 is 0 Å². The van der Waals surface area contributed by atoms with Gasteiger partial charge in [0.05, 0.1) is 6.54 Å². The van der Waals surface area contributed by atoms with Crippen LogP contribution in [0.5, 0.6) is 5.75 Å². The Kier molecular flexibility index (Phi) is 4.96. The maximum absolute atomic E-state index is 11.4. The number of hydrogen-bond donors (Lipinski definition) is 2. The second-order valence-electron chi connectivity index (χ2n) is 4.89. The minimum Gasteiger partial charge on any atom is -0.492 e. The van der Waals surface area contributed by atoms with Gasteiger partial charge in [-0.2, -0.15) is 0 Å². The molecule has 1 atom stereocenters. The first-order valence-electron chi connectivity index (χ1n) is 6.79.